The lowest BCUT2D eigenvalue weighted by atomic mass is 10.1. The van der Waals surface area contributed by atoms with Crippen LogP contribution in [0.5, 0.6) is 0 Å². The third-order valence-electron chi connectivity index (χ3n) is 4.05. The van der Waals surface area contributed by atoms with Crippen LogP contribution in [0.25, 0.3) is 12.2 Å². The van der Waals surface area contributed by atoms with Crippen LogP contribution in [-0.2, 0) is 22.4 Å². The van der Waals surface area contributed by atoms with Crippen molar-refractivity contribution in [3.8, 4) is 0 Å². The van der Waals surface area contributed by atoms with Gasteiger partial charge < -0.3 is 0 Å². The first-order chi connectivity index (χ1) is 12.1. The smallest absolute Gasteiger partial charge is 0.163 e. The predicted octanol–water partition coefficient (Wildman–Crippen LogP) is 5.07. The highest BCUT2D eigenvalue weighted by molar-refractivity contribution is 6.10. The molecule has 0 spiro atoms. The molecule has 0 unspecified atom stereocenters. The van der Waals surface area contributed by atoms with Gasteiger partial charge in [-0.25, -0.2) is 0 Å². The van der Waals surface area contributed by atoms with Crippen LogP contribution in [0.3, 0.4) is 0 Å². The van der Waals surface area contributed by atoms with Crippen LogP contribution < -0.4 is 0 Å². The summed E-state index contributed by atoms with van der Waals surface area (Å²) < 4.78 is 0. The molecule has 0 saturated carbocycles. The van der Waals surface area contributed by atoms with E-state index >= 15 is 0 Å². The maximum atomic E-state index is 11.9. The Morgan fingerprint density at radius 2 is 1.04 bits per heavy atom. The fourth-order valence-electron chi connectivity index (χ4n) is 2.40. The van der Waals surface area contributed by atoms with Crippen molar-refractivity contribution in [3.05, 3.63) is 82.9 Å². The second kappa shape index (κ2) is 9.53. The minimum absolute atomic E-state index is 0.104. The molecule has 0 aromatic heterocycles. The highest BCUT2D eigenvalue weighted by Gasteiger charge is 2.03. The molecule has 0 heterocycles. The van der Waals surface area contributed by atoms with Crippen LogP contribution in [0, 0.1) is 0 Å². The Morgan fingerprint density at radius 3 is 1.36 bits per heavy atom. The zero-order chi connectivity index (χ0) is 18.1. The van der Waals surface area contributed by atoms with Crippen LogP contribution in [0.2, 0.25) is 0 Å². The minimum atomic E-state index is -0.185. The quantitative estimate of drug-likeness (QED) is 0.500. The Bertz CT molecular complexity index is 695. The van der Waals surface area contributed by atoms with Gasteiger partial charge in [0, 0.05) is 0 Å². The number of ketones is 2. The number of aryl methyl sites for hydroxylation is 2. The van der Waals surface area contributed by atoms with Gasteiger partial charge in [0.15, 0.2) is 11.6 Å². The Hall–Kier alpha value is -2.74. The van der Waals surface area contributed by atoms with E-state index in [1.54, 1.807) is 12.2 Å². The number of benzene rings is 2. The summed E-state index contributed by atoms with van der Waals surface area (Å²) in [4.78, 5) is 23.8. The van der Waals surface area contributed by atoms with Gasteiger partial charge in [-0.05, 0) is 47.2 Å². The number of carbonyl (C=O) groups excluding carboxylic acids is 2. The second-order valence-corrected chi connectivity index (χ2v) is 5.97. The topological polar surface area (TPSA) is 34.1 Å². The minimum Gasteiger partial charge on any atom is -0.294 e. The second-order valence-electron chi connectivity index (χ2n) is 5.97. The summed E-state index contributed by atoms with van der Waals surface area (Å²) in [6, 6.07) is 16.1. The molecule has 0 aliphatic carbocycles. The average Bonchev–Trinajstić information content (AvgIpc) is 2.65. The van der Waals surface area contributed by atoms with E-state index in [-0.39, 0.29) is 18.0 Å². The largest absolute Gasteiger partial charge is 0.294 e. The van der Waals surface area contributed by atoms with Crippen LogP contribution in [-0.4, -0.2) is 11.6 Å². The monoisotopic (exact) mass is 332 g/mol. The molecule has 2 aromatic carbocycles. The van der Waals surface area contributed by atoms with E-state index < -0.39 is 0 Å². The molecule has 2 rings (SSSR count). The van der Waals surface area contributed by atoms with Crippen molar-refractivity contribution in [2.75, 3.05) is 0 Å². The molecular weight excluding hydrogens is 308 g/mol. The molecule has 2 heteroatoms. The number of rotatable bonds is 8. The number of hydrogen-bond donors (Lipinski definition) is 0. The van der Waals surface area contributed by atoms with Crippen LogP contribution in [0.15, 0.2) is 60.7 Å². The maximum absolute atomic E-state index is 11.9. The number of hydrogen-bond acceptors (Lipinski definition) is 2. The van der Waals surface area contributed by atoms with E-state index in [2.05, 4.69) is 13.8 Å². The lowest BCUT2D eigenvalue weighted by Crippen LogP contribution is -2.01. The van der Waals surface area contributed by atoms with Crippen molar-refractivity contribution in [2.24, 2.45) is 0 Å². The number of carbonyl (C=O) groups is 2. The van der Waals surface area contributed by atoms with E-state index in [0.717, 1.165) is 24.0 Å². The highest BCUT2D eigenvalue weighted by atomic mass is 16.1. The Labute approximate surface area is 149 Å². The Kier molecular flexibility index (Phi) is 7.09. The lowest BCUT2D eigenvalue weighted by molar-refractivity contribution is -0.121. The lowest BCUT2D eigenvalue weighted by Gasteiger charge is -1.98. The van der Waals surface area contributed by atoms with E-state index in [0.29, 0.717) is 0 Å². The molecule has 2 nitrogen and oxygen atoms in total. The molecule has 0 atom stereocenters. The summed E-state index contributed by atoms with van der Waals surface area (Å²) in [5.41, 5.74) is 4.45. The molecule has 0 bridgehead atoms. The molecule has 0 saturated heterocycles. The van der Waals surface area contributed by atoms with Crippen molar-refractivity contribution in [1.29, 1.82) is 0 Å². The van der Waals surface area contributed by atoms with Crippen LogP contribution >= 0.6 is 0 Å². The Morgan fingerprint density at radius 1 is 0.680 bits per heavy atom. The van der Waals surface area contributed by atoms with Crippen molar-refractivity contribution in [2.45, 2.75) is 33.1 Å². The number of allylic oxidation sites excluding steroid dienone is 2. The van der Waals surface area contributed by atoms with Crippen molar-refractivity contribution >= 4 is 23.7 Å². The average molecular weight is 332 g/mol. The van der Waals surface area contributed by atoms with Gasteiger partial charge in [0.05, 0.1) is 6.42 Å². The molecular formula is C23H24O2. The van der Waals surface area contributed by atoms with E-state index in [9.17, 15) is 9.59 Å². The van der Waals surface area contributed by atoms with E-state index in [4.69, 9.17) is 0 Å². The first kappa shape index (κ1) is 18.6. The van der Waals surface area contributed by atoms with Gasteiger partial charge >= 0.3 is 0 Å². The Balaban J connectivity index is 1.86. The summed E-state index contributed by atoms with van der Waals surface area (Å²) in [5, 5.41) is 0. The summed E-state index contributed by atoms with van der Waals surface area (Å²) in [7, 11) is 0. The molecule has 0 fully saturated rings. The molecule has 0 N–H and O–H groups in total. The molecule has 0 amide bonds. The highest BCUT2D eigenvalue weighted by Crippen LogP contribution is 2.08. The van der Waals surface area contributed by atoms with Gasteiger partial charge in [-0.15, -0.1) is 0 Å². The summed E-state index contributed by atoms with van der Waals surface area (Å²) in [5.74, 6) is -0.369. The van der Waals surface area contributed by atoms with Crippen LogP contribution in [0.4, 0.5) is 0 Å². The molecule has 25 heavy (non-hydrogen) atoms. The summed E-state index contributed by atoms with van der Waals surface area (Å²) in [6.07, 6.45) is 8.33. The zero-order valence-electron chi connectivity index (χ0n) is 14.9. The molecule has 128 valence electrons. The summed E-state index contributed by atoms with van der Waals surface area (Å²) in [6.45, 7) is 4.21. The van der Waals surface area contributed by atoms with Crippen molar-refractivity contribution in [1.82, 2.24) is 0 Å². The molecule has 0 radical (unpaired) electrons. The van der Waals surface area contributed by atoms with Crippen molar-refractivity contribution in [3.63, 3.8) is 0 Å². The maximum Gasteiger partial charge on any atom is 0.163 e. The SMILES string of the molecule is CCc1ccc(C=CC(=O)CC(=O)C=Cc2ccc(CC)cc2)cc1. The van der Waals surface area contributed by atoms with Gasteiger partial charge in [-0.2, -0.15) is 0 Å². The summed E-state index contributed by atoms with van der Waals surface area (Å²) >= 11 is 0. The third kappa shape index (κ3) is 6.34. The fourth-order valence-corrected chi connectivity index (χ4v) is 2.40. The van der Waals surface area contributed by atoms with Gasteiger partial charge in [0.25, 0.3) is 0 Å². The zero-order valence-corrected chi connectivity index (χ0v) is 14.9. The van der Waals surface area contributed by atoms with E-state index in [1.165, 1.54) is 23.3 Å². The molecule has 0 aliphatic heterocycles. The predicted molar refractivity (Wildman–Crippen MR) is 104 cm³/mol. The van der Waals surface area contributed by atoms with Gasteiger partial charge in [-0.1, -0.05) is 74.5 Å². The van der Waals surface area contributed by atoms with Gasteiger partial charge in [0.2, 0.25) is 0 Å². The van der Waals surface area contributed by atoms with Crippen LogP contribution in [0.1, 0.15) is 42.5 Å². The standard InChI is InChI=1S/C23H24O2/c1-3-18-5-9-20(10-6-18)13-15-22(24)17-23(25)16-14-21-11-7-19(4-2)8-12-21/h5-16H,3-4,17H2,1-2H3. The van der Waals surface area contributed by atoms with Crippen molar-refractivity contribution < 1.29 is 9.59 Å². The molecule has 0 aliphatic rings. The first-order valence-electron chi connectivity index (χ1n) is 8.70. The van der Waals surface area contributed by atoms with E-state index in [1.807, 2.05) is 48.5 Å². The third-order valence-corrected chi connectivity index (χ3v) is 4.05. The van der Waals surface area contributed by atoms with Gasteiger partial charge in [0.1, 0.15) is 0 Å². The first-order valence-corrected chi connectivity index (χ1v) is 8.70. The van der Waals surface area contributed by atoms with Gasteiger partial charge in [-0.3, -0.25) is 9.59 Å². The normalized spacial score (nSPS) is 11.3. The fraction of sp³-hybridized carbons (Fsp3) is 0.217. The molecule has 2 aromatic rings.